The summed E-state index contributed by atoms with van der Waals surface area (Å²) in [7, 11) is 0. The lowest BCUT2D eigenvalue weighted by molar-refractivity contribution is -0.132. The number of hydrogen-bond acceptors (Lipinski definition) is 1. The van der Waals surface area contributed by atoms with E-state index in [9.17, 15) is 4.79 Å². The van der Waals surface area contributed by atoms with Gasteiger partial charge >= 0.3 is 5.97 Å². The zero-order valence-electron chi connectivity index (χ0n) is 8.59. The van der Waals surface area contributed by atoms with Crippen LogP contribution in [0.4, 0.5) is 0 Å². The molecule has 1 aliphatic rings. The molecule has 0 saturated carbocycles. The quantitative estimate of drug-likeness (QED) is 0.618. The molecule has 0 aromatic carbocycles. The summed E-state index contributed by atoms with van der Waals surface area (Å²) in [6, 6.07) is 0. The monoisotopic (exact) mass is 268 g/mol. The van der Waals surface area contributed by atoms with Crippen LogP contribution in [0.1, 0.15) is 26.2 Å². The Morgan fingerprint density at radius 1 is 1.73 bits per heavy atom. The molecule has 0 fully saturated rings. The van der Waals surface area contributed by atoms with Gasteiger partial charge in [0.2, 0.25) is 0 Å². The molecule has 0 bridgehead atoms. The summed E-state index contributed by atoms with van der Waals surface area (Å²) < 4.78 is -0.374. The second-order valence-corrected chi connectivity index (χ2v) is 4.83. The second-order valence-electron chi connectivity index (χ2n) is 3.42. The predicted octanol–water partition coefficient (Wildman–Crippen LogP) is 2.89. The van der Waals surface area contributed by atoms with E-state index < -0.39 is 5.97 Å². The Morgan fingerprint density at radius 2 is 2.47 bits per heavy atom. The molecular weight excluding hydrogens is 256 g/mol. The van der Waals surface area contributed by atoms with Gasteiger partial charge in [0.15, 0.2) is 0 Å². The molecule has 0 aromatic rings. The summed E-state index contributed by atoms with van der Waals surface area (Å²) in [6.45, 7) is 2.08. The van der Waals surface area contributed by atoms with Gasteiger partial charge < -0.3 is 5.11 Å². The highest BCUT2D eigenvalue weighted by Crippen LogP contribution is 2.29. The predicted molar refractivity (Wildman–Crippen MR) is 63.8 cm³/mol. The molecule has 15 heavy (non-hydrogen) atoms. The molecule has 1 N–H and O–H groups in total. The summed E-state index contributed by atoms with van der Waals surface area (Å²) in [4.78, 5) is 10.7. The third kappa shape index (κ3) is 3.56. The van der Waals surface area contributed by atoms with Crippen molar-refractivity contribution in [3.05, 3.63) is 23.8 Å². The van der Waals surface area contributed by atoms with Crippen molar-refractivity contribution < 1.29 is 9.90 Å². The van der Waals surface area contributed by atoms with Gasteiger partial charge in [-0.3, -0.25) is 0 Å². The van der Waals surface area contributed by atoms with Crippen LogP contribution >= 0.6 is 15.9 Å². The minimum atomic E-state index is -0.887. The highest BCUT2D eigenvalue weighted by Gasteiger charge is 2.23. The van der Waals surface area contributed by atoms with Crippen LogP contribution in [0.25, 0.3) is 0 Å². The van der Waals surface area contributed by atoms with Crippen LogP contribution in [0.2, 0.25) is 0 Å². The molecule has 1 unspecified atom stereocenters. The first-order valence-corrected chi connectivity index (χ1v) is 5.68. The van der Waals surface area contributed by atoms with E-state index in [-0.39, 0.29) is 4.32 Å². The molecule has 2 nitrogen and oxygen atoms in total. The molecule has 1 atom stereocenters. The van der Waals surface area contributed by atoms with E-state index in [0.29, 0.717) is 12.0 Å². The van der Waals surface area contributed by atoms with Crippen LogP contribution in [-0.2, 0) is 4.79 Å². The number of hydrogen-bond donors (Lipinski definition) is 1. The number of halogens is 1. The standard InChI is InChI=1S/C12H13BrO2/c1-2-3-4-7-12(13)8-5-10(6-9-12)11(14)15/h5-6,8H,2-3,9H2,1H3,(H,14,15). The lowest BCUT2D eigenvalue weighted by Crippen LogP contribution is -2.17. The number of unbranched alkanes of at least 4 members (excludes halogenated alkanes) is 1. The Labute approximate surface area is 98.2 Å². The molecule has 0 saturated heterocycles. The fraction of sp³-hybridized carbons (Fsp3) is 0.417. The van der Waals surface area contributed by atoms with E-state index in [4.69, 9.17) is 5.11 Å². The van der Waals surface area contributed by atoms with E-state index in [1.165, 1.54) is 0 Å². The molecule has 0 spiro atoms. The number of carbonyl (C=O) groups is 1. The van der Waals surface area contributed by atoms with Gasteiger partial charge in [0.1, 0.15) is 4.32 Å². The molecule has 0 amide bonds. The van der Waals surface area contributed by atoms with Crippen molar-refractivity contribution in [1.82, 2.24) is 0 Å². The highest BCUT2D eigenvalue weighted by atomic mass is 79.9. The van der Waals surface area contributed by atoms with Crippen LogP contribution in [0.5, 0.6) is 0 Å². The average molecular weight is 269 g/mol. The first-order valence-electron chi connectivity index (χ1n) is 4.89. The summed E-state index contributed by atoms with van der Waals surface area (Å²) in [5.74, 6) is 5.28. The van der Waals surface area contributed by atoms with E-state index in [1.807, 2.05) is 0 Å². The molecule has 0 aromatic heterocycles. The number of carboxylic acids is 1. The highest BCUT2D eigenvalue weighted by molar-refractivity contribution is 9.10. The van der Waals surface area contributed by atoms with Crippen molar-refractivity contribution >= 4 is 21.9 Å². The maximum atomic E-state index is 10.7. The summed E-state index contributed by atoms with van der Waals surface area (Å²) in [5, 5.41) is 8.75. The van der Waals surface area contributed by atoms with Crippen LogP contribution in [0.15, 0.2) is 23.8 Å². The van der Waals surface area contributed by atoms with Crippen LogP contribution in [-0.4, -0.2) is 15.4 Å². The molecule has 3 heteroatoms. The van der Waals surface area contributed by atoms with Gasteiger partial charge in [-0.1, -0.05) is 40.9 Å². The van der Waals surface area contributed by atoms with Crippen molar-refractivity contribution in [2.75, 3.05) is 0 Å². The second kappa shape index (κ2) is 5.18. The van der Waals surface area contributed by atoms with Gasteiger partial charge in [0, 0.05) is 6.42 Å². The molecule has 80 valence electrons. The third-order valence-corrected chi connectivity index (χ3v) is 2.85. The maximum Gasteiger partial charge on any atom is 0.335 e. The average Bonchev–Trinajstić information content (AvgIpc) is 2.18. The first-order chi connectivity index (χ1) is 7.07. The van der Waals surface area contributed by atoms with Gasteiger partial charge in [-0.2, -0.15) is 0 Å². The Kier molecular flexibility index (Phi) is 4.16. The van der Waals surface area contributed by atoms with Crippen molar-refractivity contribution in [1.29, 1.82) is 0 Å². The molecule has 0 radical (unpaired) electrons. The van der Waals surface area contributed by atoms with E-state index in [2.05, 4.69) is 34.7 Å². The van der Waals surface area contributed by atoms with Gasteiger partial charge in [-0.05, 0) is 18.9 Å². The van der Waals surface area contributed by atoms with Crippen LogP contribution < -0.4 is 0 Å². The number of carboxylic acid groups (broad SMARTS) is 1. The molecular formula is C12H13BrO2. The third-order valence-electron chi connectivity index (χ3n) is 2.06. The largest absolute Gasteiger partial charge is 0.478 e. The Balaban J connectivity index is 2.69. The van der Waals surface area contributed by atoms with E-state index in [0.717, 1.165) is 12.8 Å². The fourth-order valence-electron chi connectivity index (χ4n) is 1.20. The van der Waals surface area contributed by atoms with Crippen molar-refractivity contribution in [3.8, 4) is 11.8 Å². The van der Waals surface area contributed by atoms with Crippen LogP contribution in [0.3, 0.4) is 0 Å². The topological polar surface area (TPSA) is 37.3 Å². The number of allylic oxidation sites excluding steroid dienone is 2. The van der Waals surface area contributed by atoms with Crippen molar-refractivity contribution in [3.63, 3.8) is 0 Å². The minimum Gasteiger partial charge on any atom is -0.478 e. The van der Waals surface area contributed by atoms with Crippen molar-refractivity contribution in [2.45, 2.75) is 30.5 Å². The smallest absolute Gasteiger partial charge is 0.335 e. The molecule has 1 aliphatic carbocycles. The Morgan fingerprint density at radius 3 is 2.93 bits per heavy atom. The summed E-state index contributed by atoms with van der Waals surface area (Å²) in [6.07, 6.45) is 7.60. The SMILES string of the molecule is CCCC#CC1(Br)C=CC(C(=O)O)=CC1. The maximum absolute atomic E-state index is 10.7. The molecule has 1 rings (SSSR count). The lowest BCUT2D eigenvalue weighted by atomic mass is 9.97. The number of rotatable bonds is 2. The molecule has 0 aliphatic heterocycles. The molecule has 0 heterocycles. The van der Waals surface area contributed by atoms with E-state index >= 15 is 0 Å². The van der Waals surface area contributed by atoms with Crippen LogP contribution in [0, 0.1) is 11.8 Å². The van der Waals surface area contributed by atoms with Gasteiger partial charge in [0.25, 0.3) is 0 Å². The zero-order chi connectivity index (χ0) is 11.3. The number of aliphatic carboxylic acids is 1. The Bertz CT molecular complexity index is 371. The minimum absolute atomic E-state index is 0.336. The summed E-state index contributed by atoms with van der Waals surface area (Å²) in [5.41, 5.74) is 0.336. The summed E-state index contributed by atoms with van der Waals surface area (Å²) >= 11 is 3.50. The van der Waals surface area contributed by atoms with Gasteiger partial charge in [-0.25, -0.2) is 4.79 Å². The normalized spacial score (nSPS) is 24.0. The lowest BCUT2D eigenvalue weighted by Gasteiger charge is -2.18. The van der Waals surface area contributed by atoms with Gasteiger partial charge in [-0.15, -0.1) is 5.92 Å². The van der Waals surface area contributed by atoms with E-state index in [1.54, 1.807) is 18.2 Å². The fourth-order valence-corrected chi connectivity index (χ4v) is 1.64. The number of alkyl halides is 1. The zero-order valence-corrected chi connectivity index (χ0v) is 10.2. The Hall–Kier alpha value is -1.01. The van der Waals surface area contributed by atoms with Gasteiger partial charge in [0.05, 0.1) is 5.57 Å². The van der Waals surface area contributed by atoms with Crippen molar-refractivity contribution in [2.24, 2.45) is 0 Å². The first kappa shape index (κ1) is 12.1.